The van der Waals surface area contributed by atoms with Crippen molar-refractivity contribution >= 4 is 21.6 Å². The summed E-state index contributed by atoms with van der Waals surface area (Å²) in [6.45, 7) is 2.60. The Kier molecular flexibility index (Phi) is 4.69. The van der Waals surface area contributed by atoms with E-state index in [0.717, 1.165) is 18.9 Å². The van der Waals surface area contributed by atoms with Crippen LogP contribution in [0.15, 0.2) is 23.1 Å². The lowest BCUT2D eigenvalue weighted by molar-refractivity contribution is 0.210. The number of hydrogen-bond acceptors (Lipinski definition) is 3. The predicted octanol–water partition coefficient (Wildman–Crippen LogP) is 2.23. The SMILES string of the molecule is CC1CCC(CN)CN1S(=O)(=O)c1ccc(Cl)cc1F. The molecule has 4 nitrogen and oxygen atoms in total. The molecule has 2 rings (SSSR count). The number of nitrogens with zero attached hydrogens (tertiary/aromatic N) is 1. The van der Waals surface area contributed by atoms with Crippen molar-refractivity contribution in [3.8, 4) is 0 Å². The molecule has 1 saturated heterocycles. The van der Waals surface area contributed by atoms with E-state index in [1.807, 2.05) is 6.92 Å². The Morgan fingerprint density at radius 3 is 2.75 bits per heavy atom. The third kappa shape index (κ3) is 2.98. The number of benzene rings is 1. The Morgan fingerprint density at radius 2 is 2.15 bits per heavy atom. The van der Waals surface area contributed by atoms with Gasteiger partial charge >= 0.3 is 0 Å². The van der Waals surface area contributed by atoms with Gasteiger partial charge < -0.3 is 5.73 Å². The fraction of sp³-hybridized carbons (Fsp3) is 0.538. The number of hydrogen-bond donors (Lipinski definition) is 1. The molecule has 1 aromatic rings. The quantitative estimate of drug-likeness (QED) is 0.929. The number of piperidine rings is 1. The summed E-state index contributed by atoms with van der Waals surface area (Å²) in [5, 5.41) is 0.174. The van der Waals surface area contributed by atoms with E-state index in [1.165, 1.54) is 16.4 Å². The van der Waals surface area contributed by atoms with Crippen LogP contribution in [-0.2, 0) is 10.0 Å². The molecule has 0 aliphatic carbocycles. The molecule has 1 aliphatic rings. The van der Waals surface area contributed by atoms with Crippen molar-refractivity contribution in [2.45, 2.75) is 30.7 Å². The van der Waals surface area contributed by atoms with Gasteiger partial charge in [0, 0.05) is 17.6 Å². The molecule has 1 aromatic carbocycles. The molecule has 0 spiro atoms. The number of halogens is 2. The Balaban J connectivity index is 2.38. The first-order valence-electron chi connectivity index (χ1n) is 6.53. The molecule has 7 heteroatoms. The molecule has 0 radical (unpaired) electrons. The van der Waals surface area contributed by atoms with Crippen molar-refractivity contribution in [2.75, 3.05) is 13.1 Å². The molecule has 1 fully saturated rings. The zero-order valence-electron chi connectivity index (χ0n) is 11.2. The zero-order valence-corrected chi connectivity index (χ0v) is 12.8. The Hall–Kier alpha value is -0.690. The van der Waals surface area contributed by atoms with Gasteiger partial charge in [-0.2, -0.15) is 4.31 Å². The van der Waals surface area contributed by atoms with Gasteiger partial charge in [-0.3, -0.25) is 0 Å². The fourth-order valence-electron chi connectivity index (χ4n) is 2.48. The molecule has 2 N–H and O–H groups in total. The van der Waals surface area contributed by atoms with Gasteiger partial charge in [0.05, 0.1) is 0 Å². The van der Waals surface area contributed by atoms with Gasteiger partial charge in [0.2, 0.25) is 10.0 Å². The summed E-state index contributed by atoms with van der Waals surface area (Å²) in [6, 6.07) is 3.46. The molecule has 2 atom stereocenters. The van der Waals surface area contributed by atoms with Gasteiger partial charge in [-0.25, -0.2) is 12.8 Å². The Morgan fingerprint density at radius 1 is 1.45 bits per heavy atom. The van der Waals surface area contributed by atoms with Gasteiger partial charge in [-0.15, -0.1) is 0 Å². The van der Waals surface area contributed by atoms with Crippen LogP contribution in [0.25, 0.3) is 0 Å². The summed E-state index contributed by atoms with van der Waals surface area (Å²) < 4.78 is 40.4. The fourth-order valence-corrected chi connectivity index (χ4v) is 4.43. The standard InChI is InChI=1S/C13H18ClFN2O2S/c1-9-2-3-10(7-16)8-17(9)20(18,19)13-5-4-11(14)6-12(13)15/h4-6,9-10H,2-3,7-8,16H2,1H3. The number of nitrogens with two attached hydrogens (primary N) is 1. The Bertz CT molecular complexity index is 594. The van der Waals surface area contributed by atoms with Crippen LogP contribution in [0.3, 0.4) is 0 Å². The van der Waals surface area contributed by atoms with Crippen molar-refractivity contribution in [3.05, 3.63) is 29.0 Å². The second kappa shape index (κ2) is 5.97. The highest BCUT2D eigenvalue weighted by atomic mass is 35.5. The summed E-state index contributed by atoms with van der Waals surface area (Å²) >= 11 is 5.66. The van der Waals surface area contributed by atoms with Crippen molar-refractivity contribution in [3.63, 3.8) is 0 Å². The Labute approximate surface area is 123 Å². The first-order chi connectivity index (χ1) is 9.36. The minimum absolute atomic E-state index is 0.122. The second-order valence-electron chi connectivity index (χ2n) is 5.18. The molecule has 2 unspecified atom stereocenters. The minimum atomic E-state index is -3.86. The smallest absolute Gasteiger partial charge is 0.246 e. The maximum atomic E-state index is 13.9. The average molecular weight is 321 g/mol. The molecule has 0 aromatic heterocycles. The first kappa shape index (κ1) is 15.7. The van der Waals surface area contributed by atoms with Crippen LogP contribution in [0.4, 0.5) is 4.39 Å². The van der Waals surface area contributed by atoms with E-state index in [0.29, 0.717) is 13.1 Å². The summed E-state index contributed by atoms with van der Waals surface area (Å²) in [5.74, 6) is -0.698. The normalized spacial score (nSPS) is 24.8. The van der Waals surface area contributed by atoms with Crippen LogP contribution in [-0.4, -0.2) is 31.9 Å². The molecule has 1 heterocycles. The zero-order chi connectivity index (χ0) is 14.9. The van der Waals surface area contributed by atoms with E-state index in [1.54, 1.807) is 0 Å². The van der Waals surface area contributed by atoms with Crippen molar-refractivity contribution in [1.82, 2.24) is 4.31 Å². The van der Waals surface area contributed by atoms with Gasteiger partial charge in [0.15, 0.2) is 0 Å². The largest absolute Gasteiger partial charge is 0.330 e. The van der Waals surface area contributed by atoms with Gasteiger partial charge in [0.1, 0.15) is 10.7 Å². The van der Waals surface area contributed by atoms with Crippen LogP contribution in [0.5, 0.6) is 0 Å². The summed E-state index contributed by atoms with van der Waals surface area (Å²) in [7, 11) is -3.86. The molecule has 0 saturated carbocycles. The van der Waals surface area contributed by atoms with Crippen LogP contribution in [0, 0.1) is 11.7 Å². The van der Waals surface area contributed by atoms with E-state index in [-0.39, 0.29) is 21.9 Å². The number of rotatable bonds is 3. The van der Waals surface area contributed by atoms with E-state index in [9.17, 15) is 12.8 Å². The molecular formula is C13H18ClFN2O2S. The van der Waals surface area contributed by atoms with Crippen LogP contribution < -0.4 is 5.73 Å². The van der Waals surface area contributed by atoms with E-state index in [2.05, 4.69) is 0 Å². The lowest BCUT2D eigenvalue weighted by Gasteiger charge is -2.36. The molecule has 0 amide bonds. The summed E-state index contributed by atoms with van der Waals surface area (Å²) in [4.78, 5) is -0.327. The lowest BCUT2D eigenvalue weighted by Crippen LogP contribution is -2.47. The second-order valence-corrected chi connectivity index (χ2v) is 7.47. The molecular weight excluding hydrogens is 303 g/mol. The first-order valence-corrected chi connectivity index (χ1v) is 8.35. The predicted molar refractivity (Wildman–Crippen MR) is 76.5 cm³/mol. The van der Waals surface area contributed by atoms with Crippen molar-refractivity contribution in [2.24, 2.45) is 11.7 Å². The van der Waals surface area contributed by atoms with Crippen molar-refractivity contribution < 1.29 is 12.8 Å². The molecule has 0 bridgehead atoms. The third-order valence-electron chi connectivity index (χ3n) is 3.74. The topological polar surface area (TPSA) is 63.4 Å². The van der Waals surface area contributed by atoms with E-state index >= 15 is 0 Å². The monoisotopic (exact) mass is 320 g/mol. The van der Waals surface area contributed by atoms with E-state index < -0.39 is 15.8 Å². The molecule has 112 valence electrons. The maximum Gasteiger partial charge on any atom is 0.246 e. The molecule has 1 aliphatic heterocycles. The highest BCUT2D eigenvalue weighted by Gasteiger charge is 2.35. The van der Waals surface area contributed by atoms with E-state index in [4.69, 9.17) is 17.3 Å². The van der Waals surface area contributed by atoms with Gasteiger partial charge in [-0.1, -0.05) is 11.6 Å². The van der Waals surface area contributed by atoms with Crippen LogP contribution in [0.2, 0.25) is 5.02 Å². The van der Waals surface area contributed by atoms with Crippen LogP contribution >= 0.6 is 11.6 Å². The minimum Gasteiger partial charge on any atom is -0.330 e. The highest BCUT2D eigenvalue weighted by Crippen LogP contribution is 2.29. The summed E-state index contributed by atoms with van der Waals surface area (Å²) in [6.07, 6.45) is 1.63. The van der Waals surface area contributed by atoms with Gasteiger partial charge in [-0.05, 0) is 50.4 Å². The lowest BCUT2D eigenvalue weighted by atomic mass is 9.96. The third-order valence-corrected chi connectivity index (χ3v) is 5.98. The van der Waals surface area contributed by atoms with Crippen LogP contribution in [0.1, 0.15) is 19.8 Å². The average Bonchev–Trinajstić information content (AvgIpc) is 2.38. The number of sulfonamides is 1. The van der Waals surface area contributed by atoms with Crippen molar-refractivity contribution in [1.29, 1.82) is 0 Å². The summed E-state index contributed by atoms with van der Waals surface area (Å²) in [5.41, 5.74) is 5.63. The maximum absolute atomic E-state index is 13.9. The molecule has 20 heavy (non-hydrogen) atoms. The highest BCUT2D eigenvalue weighted by molar-refractivity contribution is 7.89. The van der Waals surface area contributed by atoms with Gasteiger partial charge in [0.25, 0.3) is 0 Å².